The predicted octanol–water partition coefficient (Wildman–Crippen LogP) is 2.70. The first kappa shape index (κ1) is 14.8. The van der Waals surface area contributed by atoms with Crippen LogP contribution in [-0.2, 0) is 6.54 Å². The van der Waals surface area contributed by atoms with Crippen molar-refractivity contribution in [3.8, 4) is 11.8 Å². The van der Waals surface area contributed by atoms with E-state index >= 15 is 0 Å². The molecule has 0 amide bonds. The van der Waals surface area contributed by atoms with Crippen LogP contribution in [0.3, 0.4) is 0 Å². The van der Waals surface area contributed by atoms with Gasteiger partial charge in [-0.15, -0.1) is 0 Å². The van der Waals surface area contributed by atoms with E-state index in [0.717, 1.165) is 18.7 Å². The molecule has 0 saturated carbocycles. The van der Waals surface area contributed by atoms with E-state index in [0.29, 0.717) is 0 Å². The topological polar surface area (TPSA) is 32.3 Å². The molecule has 0 aliphatic heterocycles. The average Bonchev–Trinajstić information content (AvgIpc) is 2.33. The largest absolute Gasteiger partial charge is 0.378 e. The number of hydrogen-bond acceptors (Lipinski definition) is 2. The molecular weight excluding hydrogens is 222 g/mol. The van der Waals surface area contributed by atoms with Gasteiger partial charge in [0.1, 0.15) is 5.60 Å². The lowest BCUT2D eigenvalue weighted by atomic mass is 10.1. The van der Waals surface area contributed by atoms with Crippen molar-refractivity contribution in [2.24, 2.45) is 0 Å². The summed E-state index contributed by atoms with van der Waals surface area (Å²) in [6, 6.07) is 8.14. The monoisotopic (exact) mass is 245 g/mol. The van der Waals surface area contributed by atoms with E-state index in [2.05, 4.69) is 36.2 Å². The Hall–Kier alpha value is -1.30. The molecule has 0 aliphatic carbocycles. The van der Waals surface area contributed by atoms with E-state index in [1.807, 2.05) is 12.1 Å². The van der Waals surface area contributed by atoms with Crippen LogP contribution >= 0.6 is 0 Å². The van der Waals surface area contributed by atoms with Gasteiger partial charge in [-0.25, -0.2) is 0 Å². The summed E-state index contributed by atoms with van der Waals surface area (Å²) in [4.78, 5) is 0. The number of nitrogens with one attached hydrogen (secondary N) is 1. The maximum Gasteiger partial charge on any atom is 0.120 e. The minimum atomic E-state index is -0.930. The van der Waals surface area contributed by atoms with Crippen molar-refractivity contribution in [2.45, 2.75) is 45.8 Å². The molecule has 0 fully saturated rings. The van der Waals surface area contributed by atoms with Gasteiger partial charge in [-0.1, -0.05) is 37.3 Å². The quantitative estimate of drug-likeness (QED) is 0.617. The van der Waals surface area contributed by atoms with Crippen molar-refractivity contribution in [1.29, 1.82) is 0 Å². The maximum atomic E-state index is 9.52. The molecule has 0 heterocycles. The van der Waals surface area contributed by atoms with E-state index in [1.165, 1.54) is 18.4 Å². The van der Waals surface area contributed by atoms with Gasteiger partial charge in [-0.3, -0.25) is 0 Å². The van der Waals surface area contributed by atoms with Crippen LogP contribution in [0.25, 0.3) is 0 Å². The van der Waals surface area contributed by atoms with E-state index in [4.69, 9.17) is 0 Å². The molecular formula is C16H23NO. The molecule has 2 nitrogen and oxygen atoms in total. The molecule has 0 bridgehead atoms. The van der Waals surface area contributed by atoms with Gasteiger partial charge in [0.25, 0.3) is 0 Å². The predicted molar refractivity (Wildman–Crippen MR) is 76.2 cm³/mol. The molecule has 2 N–H and O–H groups in total. The lowest BCUT2D eigenvalue weighted by Crippen LogP contribution is -2.14. The molecule has 1 rings (SSSR count). The van der Waals surface area contributed by atoms with Gasteiger partial charge in [0.15, 0.2) is 0 Å². The summed E-state index contributed by atoms with van der Waals surface area (Å²) in [5.74, 6) is 5.78. The van der Waals surface area contributed by atoms with Crippen molar-refractivity contribution >= 4 is 0 Å². The van der Waals surface area contributed by atoms with Crippen LogP contribution in [0.15, 0.2) is 24.3 Å². The van der Waals surface area contributed by atoms with Crippen molar-refractivity contribution in [2.75, 3.05) is 6.54 Å². The molecule has 0 radical (unpaired) electrons. The van der Waals surface area contributed by atoms with E-state index in [9.17, 15) is 5.11 Å². The van der Waals surface area contributed by atoms with Crippen molar-refractivity contribution in [1.82, 2.24) is 5.32 Å². The van der Waals surface area contributed by atoms with E-state index in [-0.39, 0.29) is 0 Å². The van der Waals surface area contributed by atoms with Crippen molar-refractivity contribution in [3.63, 3.8) is 0 Å². The minimum Gasteiger partial charge on any atom is -0.378 e. The molecule has 0 aliphatic rings. The Morgan fingerprint density at radius 3 is 2.44 bits per heavy atom. The summed E-state index contributed by atoms with van der Waals surface area (Å²) in [5.41, 5.74) is 1.27. The number of rotatable bonds is 5. The fraction of sp³-hybridized carbons (Fsp3) is 0.500. The first-order valence-electron chi connectivity index (χ1n) is 6.56. The highest BCUT2D eigenvalue weighted by atomic mass is 16.3. The summed E-state index contributed by atoms with van der Waals surface area (Å²) in [6.07, 6.45) is 2.44. The number of hydrogen-bond donors (Lipinski definition) is 2. The van der Waals surface area contributed by atoms with Crippen LogP contribution in [0.2, 0.25) is 0 Å². The van der Waals surface area contributed by atoms with Crippen LogP contribution in [0, 0.1) is 11.8 Å². The number of unbranched alkanes of at least 4 members (excludes halogenated alkanes) is 1. The summed E-state index contributed by atoms with van der Waals surface area (Å²) in [7, 11) is 0. The Kier molecular flexibility index (Phi) is 5.91. The zero-order valence-corrected chi connectivity index (χ0v) is 11.6. The van der Waals surface area contributed by atoms with Gasteiger partial charge in [-0.05, 0) is 44.5 Å². The van der Waals surface area contributed by atoms with Gasteiger partial charge < -0.3 is 10.4 Å². The summed E-state index contributed by atoms with van der Waals surface area (Å²) in [5, 5.41) is 12.9. The van der Waals surface area contributed by atoms with E-state index in [1.54, 1.807) is 13.8 Å². The third-order valence-electron chi connectivity index (χ3n) is 2.50. The first-order valence-corrected chi connectivity index (χ1v) is 6.56. The van der Waals surface area contributed by atoms with Gasteiger partial charge >= 0.3 is 0 Å². The SMILES string of the molecule is CCCCNCc1ccc(C#CC(C)(C)O)cc1. The van der Waals surface area contributed by atoms with Crippen LogP contribution in [-0.4, -0.2) is 17.3 Å². The van der Waals surface area contributed by atoms with Crippen molar-refractivity contribution in [3.05, 3.63) is 35.4 Å². The molecule has 98 valence electrons. The molecule has 0 aromatic heterocycles. The molecule has 1 aromatic carbocycles. The second kappa shape index (κ2) is 7.20. The average molecular weight is 245 g/mol. The first-order chi connectivity index (χ1) is 8.51. The van der Waals surface area contributed by atoms with Gasteiger partial charge in [0.2, 0.25) is 0 Å². The number of aliphatic hydroxyl groups is 1. The molecule has 18 heavy (non-hydrogen) atoms. The minimum absolute atomic E-state index is 0.902. The van der Waals surface area contributed by atoms with E-state index < -0.39 is 5.60 Å². The Balaban J connectivity index is 2.49. The Morgan fingerprint density at radius 2 is 1.89 bits per heavy atom. The second-order valence-corrected chi connectivity index (χ2v) is 5.04. The second-order valence-electron chi connectivity index (χ2n) is 5.04. The zero-order chi connectivity index (χ0) is 13.4. The Bertz CT molecular complexity index is 403. The van der Waals surface area contributed by atoms with Crippen LogP contribution in [0.4, 0.5) is 0 Å². The number of benzene rings is 1. The highest BCUT2D eigenvalue weighted by Gasteiger charge is 2.05. The molecule has 2 heteroatoms. The van der Waals surface area contributed by atoms with Gasteiger partial charge in [-0.2, -0.15) is 0 Å². The molecule has 0 unspecified atom stereocenters. The summed E-state index contributed by atoms with van der Waals surface area (Å²) < 4.78 is 0. The Morgan fingerprint density at radius 1 is 1.22 bits per heavy atom. The smallest absolute Gasteiger partial charge is 0.120 e. The summed E-state index contributed by atoms with van der Waals surface area (Å²) >= 11 is 0. The maximum absolute atomic E-state index is 9.52. The standard InChI is InChI=1S/C16H23NO/c1-4-5-12-17-13-15-8-6-14(7-9-15)10-11-16(2,3)18/h6-9,17-18H,4-5,12-13H2,1-3H3. The fourth-order valence-corrected chi connectivity index (χ4v) is 1.47. The normalized spacial score (nSPS) is 10.9. The van der Waals surface area contributed by atoms with Crippen molar-refractivity contribution < 1.29 is 5.11 Å². The summed E-state index contributed by atoms with van der Waals surface area (Å²) in [6.45, 7) is 7.53. The lowest BCUT2D eigenvalue weighted by Gasteiger charge is -2.06. The lowest BCUT2D eigenvalue weighted by molar-refractivity contribution is 0.143. The third-order valence-corrected chi connectivity index (χ3v) is 2.50. The van der Waals surface area contributed by atoms with Crippen LogP contribution in [0.5, 0.6) is 0 Å². The highest BCUT2D eigenvalue weighted by molar-refractivity contribution is 5.37. The Labute approximate surface area is 110 Å². The molecule has 0 saturated heterocycles. The van der Waals surface area contributed by atoms with Crippen LogP contribution < -0.4 is 5.32 Å². The zero-order valence-electron chi connectivity index (χ0n) is 11.6. The fourth-order valence-electron chi connectivity index (χ4n) is 1.47. The molecule has 0 spiro atoms. The van der Waals surface area contributed by atoms with Gasteiger partial charge in [0.05, 0.1) is 0 Å². The molecule has 1 aromatic rings. The third kappa shape index (κ3) is 6.44. The van der Waals surface area contributed by atoms with Gasteiger partial charge in [0, 0.05) is 12.1 Å². The van der Waals surface area contributed by atoms with Crippen LogP contribution in [0.1, 0.15) is 44.7 Å². The highest BCUT2D eigenvalue weighted by Crippen LogP contribution is 2.04. The molecule has 0 atom stereocenters.